The molecule has 3 heterocycles. The molecule has 5 atom stereocenters. The predicted octanol–water partition coefficient (Wildman–Crippen LogP) is 3.86. The van der Waals surface area contributed by atoms with Gasteiger partial charge in [-0.2, -0.15) is 0 Å². The minimum atomic E-state index is -1.06. The molecule has 42 heavy (non-hydrogen) atoms. The molecular formula is C33H43N5O4. The van der Waals surface area contributed by atoms with Gasteiger partial charge in [0.2, 0.25) is 17.7 Å². The van der Waals surface area contributed by atoms with Crippen LogP contribution < -0.4 is 20.7 Å². The van der Waals surface area contributed by atoms with Gasteiger partial charge in [-0.3, -0.25) is 19.3 Å². The van der Waals surface area contributed by atoms with Crippen molar-refractivity contribution in [2.75, 3.05) is 14.1 Å². The van der Waals surface area contributed by atoms with Gasteiger partial charge in [0.1, 0.15) is 23.9 Å². The number of hydrogen-bond donors (Lipinski definition) is 4. The monoisotopic (exact) mass is 573 g/mol. The molecule has 4 N–H and O–H groups in total. The molecule has 0 unspecified atom stereocenters. The Balaban J connectivity index is 1.69. The second-order valence-electron chi connectivity index (χ2n) is 11.6. The zero-order chi connectivity index (χ0) is 30.4. The fourth-order valence-corrected chi connectivity index (χ4v) is 5.22. The van der Waals surface area contributed by atoms with Crippen molar-refractivity contribution in [1.29, 1.82) is 0 Å². The molecule has 9 nitrogen and oxygen atoms in total. The topological polar surface area (TPSA) is 116 Å². The summed E-state index contributed by atoms with van der Waals surface area (Å²) in [7, 11) is 3.70. The number of benzene rings is 2. The van der Waals surface area contributed by atoms with Crippen molar-refractivity contribution in [2.45, 2.75) is 64.8 Å². The van der Waals surface area contributed by atoms with Crippen molar-refractivity contribution in [1.82, 2.24) is 25.8 Å². The van der Waals surface area contributed by atoms with Crippen molar-refractivity contribution in [3.63, 3.8) is 0 Å². The Morgan fingerprint density at radius 1 is 1.02 bits per heavy atom. The molecule has 0 fully saturated rings. The molecule has 0 saturated heterocycles. The van der Waals surface area contributed by atoms with E-state index in [1.165, 1.54) is 0 Å². The maximum atomic E-state index is 14.0. The molecule has 0 spiro atoms. The normalized spacial score (nSPS) is 21.8. The standard InChI is InChI=1S/C33H43N5O4/c1-7-21(4)28-32(40)34-17-16-22-12-14-24(15-13-22)42-30(20(2)3)29(33(41)36-28)37-31(39)27(38(5)6)18-23-19-35-26-11-9-8-10-25(23)26/h8-17,19-21,27-30,35H,7,18H2,1-6H3,(H,34,40)(H,36,41)(H,37,39)/b17-16-/t21-,27-,28+,29+,30+/m0/s1. The minimum absolute atomic E-state index is 0.139. The highest BCUT2D eigenvalue weighted by Gasteiger charge is 2.38. The van der Waals surface area contributed by atoms with Crippen molar-refractivity contribution in [2.24, 2.45) is 11.8 Å². The molecule has 3 amide bonds. The largest absolute Gasteiger partial charge is 0.487 e. The van der Waals surface area contributed by atoms with E-state index >= 15 is 0 Å². The summed E-state index contributed by atoms with van der Waals surface area (Å²) in [5.41, 5.74) is 2.90. The third-order valence-corrected chi connectivity index (χ3v) is 8.03. The summed E-state index contributed by atoms with van der Waals surface area (Å²) in [5, 5.41) is 9.84. The molecule has 0 aliphatic carbocycles. The third-order valence-electron chi connectivity index (χ3n) is 8.03. The second-order valence-corrected chi connectivity index (χ2v) is 11.6. The Labute approximate surface area is 248 Å². The van der Waals surface area contributed by atoms with E-state index in [1.54, 1.807) is 12.3 Å². The smallest absolute Gasteiger partial charge is 0.247 e. The molecule has 2 aromatic carbocycles. The highest BCUT2D eigenvalue weighted by molar-refractivity contribution is 5.94. The zero-order valence-electron chi connectivity index (χ0n) is 25.3. The fourth-order valence-electron chi connectivity index (χ4n) is 5.22. The van der Waals surface area contributed by atoms with E-state index in [-0.39, 0.29) is 23.7 Å². The summed E-state index contributed by atoms with van der Waals surface area (Å²) in [6.45, 7) is 7.79. The molecular weight excluding hydrogens is 530 g/mol. The fraction of sp³-hybridized carbons (Fsp3) is 0.424. The molecule has 2 aliphatic heterocycles. The minimum Gasteiger partial charge on any atom is -0.487 e. The molecule has 3 aromatic rings. The van der Waals surface area contributed by atoms with Gasteiger partial charge >= 0.3 is 0 Å². The van der Waals surface area contributed by atoms with E-state index in [0.717, 1.165) is 22.0 Å². The summed E-state index contributed by atoms with van der Waals surface area (Å²) in [5.74, 6) is -0.787. The highest BCUT2D eigenvalue weighted by atomic mass is 16.5. The molecule has 2 aliphatic rings. The lowest BCUT2D eigenvalue weighted by Gasteiger charge is -2.34. The number of ether oxygens (including phenoxy) is 1. The SMILES string of the molecule is CC[C@H](C)[C@H]1NC(=O)[C@H](NC(=O)[C@H](Cc2c[nH]c3ccccc23)N(C)C)[C@@H](C(C)C)Oc2ccc(cc2)/C=C\NC1=O. The molecule has 0 saturated carbocycles. The molecule has 2 bridgehead atoms. The van der Waals surface area contributed by atoms with Crippen LogP contribution in [0.1, 0.15) is 45.2 Å². The van der Waals surface area contributed by atoms with Gasteiger partial charge in [-0.25, -0.2) is 0 Å². The lowest BCUT2D eigenvalue weighted by atomic mass is 9.94. The van der Waals surface area contributed by atoms with Crippen molar-refractivity contribution < 1.29 is 19.1 Å². The average molecular weight is 574 g/mol. The first kappa shape index (κ1) is 30.8. The van der Waals surface area contributed by atoms with E-state index in [0.29, 0.717) is 18.6 Å². The lowest BCUT2D eigenvalue weighted by molar-refractivity contribution is -0.136. The van der Waals surface area contributed by atoms with E-state index in [9.17, 15) is 14.4 Å². The lowest BCUT2D eigenvalue weighted by Crippen LogP contribution is -2.62. The van der Waals surface area contributed by atoms with Gasteiger partial charge in [0, 0.05) is 23.3 Å². The first-order valence-electron chi connectivity index (χ1n) is 14.6. The van der Waals surface area contributed by atoms with E-state index in [2.05, 4.69) is 20.9 Å². The number of nitrogens with one attached hydrogen (secondary N) is 4. The number of amides is 3. The van der Waals surface area contributed by atoms with Gasteiger partial charge in [0.05, 0.1) is 6.04 Å². The van der Waals surface area contributed by atoms with Crippen LogP contribution in [0.3, 0.4) is 0 Å². The van der Waals surface area contributed by atoms with Crippen molar-refractivity contribution in [3.05, 3.63) is 72.1 Å². The number of aromatic nitrogens is 1. The number of nitrogens with zero attached hydrogens (tertiary/aromatic N) is 1. The van der Waals surface area contributed by atoms with E-state index in [1.807, 2.05) is 101 Å². The summed E-state index contributed by atoms with van der Waals surface area (Å²) in [4.78, 5) is 46.3. The van der Waals surface area contributed by atoms with Crippen LogP contribution in [0.25, 0.3) is 17.0 Å². The van der Waals surface area contributed by atoms with Gasteiger partial charge in [0.15, 0.2) is 0 Å². The Hall–Kier alpha value is -4.11. The van der Waals surface area contributed by atoms with Crippen LogP contribution in [-0.4, -0.2) is 65.9 Å². The van der Waals surface area contributed by atoms with Crippen LogP contribution in [0.4, 0.5) is 0 Å². The Bertz CT molecular complexity index is 1410. The zero-order valence-corrected chi connectivity index (χ0v) is 25.3. The van der Waals surface area contributed by atoms with Crippen LogP contribution in [0.15, 0.2) is 60.9 Å². The maximum absolute atomic E-state index is 14.0. The van der Waals surface area contributed by atoms with Gasteiger partial charge in [0.25, 0.3) is 0 Å². The van der Waals surface area contributed by atoms with Crippen LogP contribution in [0, 0.1) is 11.8 Å². The molecule has 224 valence electrons. The molecule has 9 heteroatoms. The van der Waals surface area contributed by atoms with Crippen LogP contribution in [-0.2, 0) is 20.8 Å². The Morgan fingerprint density at radius 2 is 1.74 bits per heavy atom. The van der Waals surface area contributed by atoms with Gasteiger partial charge in [-0.1, -0.05) is 64.4 Å². The molecule has 0 radical (unpaired) electrons. The average Bonchev–Trinajstić information content (AvgIpc) is 3.38. The van der Waals surface area contributed by atoms with Gasteiger partial charge < -0.3 is 25.7 Å². The summed E-state index contributed by atoms with van der Waals surface area (Å²) >= 11 is 0. The van der Waals surface area contributed by atoms with E-state index in [4.69, 9.17) is 4.74 Å². The molecule has 5 rings (SSSR count). The van der Waals surface area contributed by atoms with Gasteiger partial charge in [-0.05, 0) is 67.8 Å². The third kappa shape index (κ3) is 7.20. The maximum Gasteiger partial charge on any atom is 0.247 e. The quantitative estimate of drug-likeness (QED) is 0.327. The van der Waals surface area contributed by atoms with Crippen molar-refractivity contribution >= 4 is 34.7 Å². The first-order valence-corrected chi connectivity index (χ1v) is 14.6. The van der Waals surface area contributed by atoms with Crippen molar-refractivity contribution in [3.8, 4) is 5.75 Å². The van der Waals surface area contributed by atoms with Crippen LogP contribution >= 0.6 is 0 Å². The van der Waals surface area contributed by atoms with Crippen LogP contribution in [0.2, 0.25) is 0 Å². The summed E-state index contributed by atoms with van der Waals surface area (Å²) in [6, 6.07) is 13.0. The number of para-hydroxylation sites is 1. The number of carbonyl (C=O) groups is 3. The summed E-state index contributed by atoms with van der Waals surface area (Å²) in [6.07, 6.45) is 5.72. The number of H-pyrrole nitrogens is 1. The Morgan fingerprint density at radius 3 is 2.40 bits per heavy atom. The number of carbonyl (C=O) groups excluding carboxylic acids is 3. The highest BCUT2D eigenvalue weighted by Crippen LogP contribution is 2.23. The first-order chi connectivity index (χ1) is 20.1. The molecule has 1 aromatic heterocycles. The number of rotatable bonds is 8. The number of likely N-dealkylation sites (N-methyl/N-ethyl adjacent to an activating group) is 1. The van der Waals surface area contributed by atoms with Gasteiger partial charge in [-0.15, -0.1) is 0 Å². The van der Waals surface area contributed by atoms with E-state index < -0.39 is 30.1 Å². The number of hydrogen-bond acceptors (Lipinski definition) is 5. The second kappa shape index (κ2) is 13.7. The van der Waals surface area contributed by atoms with Crippen LogP contribution in [0.5, 0.6) is 5.75 Å². The Kier molecular flexibility index (Phi) is 10.1. The summed E-state index contributed by atoms with van der Waals surface area (Å²) < 4.78 is 6.39. The predicted molar refractivity (Wildman–Crippen MR) is 166 cm³/mol. The number of aromatic amines is 1. The number of fused-ring (bicyclic) bond motifs is 11.